The van der Waals surface area contributed by atoms with Crippen molar-refractivity contribution in [3.8, 4) is 0 Å². The minimum atomic E-state index is -3.80. The quantitative estimate of drug-likeness (QED) is 0.564. The van der Waals surface area contributed by atoms with E-state index in [0.717, 1.165) is 0 Å². The number of likely N-dealkylation sites (tertiary alicyclic amines) is 1. The fourth-order valence-corrected chi connectivity index (χ4v) is 5.60. The molecule has 1 aromatic carbocycles. The topological polar surface area (TPSA) is 104 Å². The minimum Gasteiger partial charge on any atom is -0.344 e. The molecule has 2 aliphatic heterocycles. The van der Waals surface area contributed by atoms with E-state index < -0.39 is 20.5 Å². The molecule has 118 valence electrons. The smallest absolute Gasteiger partial charge is 0.274 e. The average Bonchev–Trinajstić information content (AvgIpc) is 2.80. The fourth-order valence-electron chi connectivity index (χ4n) is 3.31. The number of benzene rings is 1. The number of fused-ring (bicyclic) bond motifs is 1. The van der Waals surface area contributed by atoms with E-state index in [-0.39, 0.29) is 22.8 Å². The Balaban J connectivity index is 2.11. The predicted octanol–water partition coefficient (Wildman–Crippen LogP) is 0.126. The summed E-state index contributed by atoms with van der Waals surface area (Å²) in [5.41, 5.74) is 2.21. The number of nitrogens with zero attached hydrogens (tertiary/aromatic N) is 1. The van der Waals surface area contributed by atoms with E-state index in [4.69, 9.17) is 5.21 Å². The second-order valence-electron chi connectivity index (χ2n) is 5.74. The molecule has 1 unspecified atom stereocenters. The van der Waals surface area contributed by atoms with Gasteiger partial charge in [-0.3, -0.25) is 14.8 Å². The van der Waals surface area contributed by atoms with Crippen LogP contribution in [-0.2, 0) is 21.1 Å². The molecule has 1 atom stereocenters. The van der Waals surface area contributed by atoms with Crippen LogP contribution in [0.2, 0.25) is 0 Å². The maximum Gasteiger partial charge on any atom is 0.274 e. The lowest BCUT2D eigenvalue weighted by Gasteiger charge is -2.32. The Hall–Kier alpha value is -1.93. The molecule has 22 heavy (non-hydrogen) atoms. The van der Waals surface area contributed by atoms with Gasteiger partial charge >= 0.3 is 0 Å². The van der Waals surface area contributed by atoms with Crippen LogP contribution in [0.3, 0.4) is 0 Å². The molecule has 3 rings (SSSR count). The molecule has 8 heteroatoms. The summed E-state index contributed by atoms with van der Waals surface area (Å²) in [5.74, 6) is -1.05. The van der Waals surface area contributed by atoms with Crippen LogP contribution in [-0.4, -0.2) is 48.7 Å². The molecule has 1 saturated heterocycles. The van der Waals surface area contributed by atoms with Gasteiger partial charge in [0.15, 0.2) is 14.6 Å². The number of carbonyl (C=O) groups is 2. The Morgan fingerprint density at radius 3 is 2.68 bits per heavy atom. The number of nitrogens with one attached hydrogen (secondary N) is 1. The summed E-state index contributed by atoms with van der Waals surface area (Å²) in [6, 6.07) is 4.14. The van der Waals surface area contributed by atoms with Crippen molar-refractivity contribution in [2.45, 2.75) is 28.9 Å². The molecule has 0 aromatic heterocycles. The van der Waals surface area contributed by atoms with Crippen molar-refractivity contribution < 1.29 is 23.2 Å². The molecule has 0 aliphatic carbocycles. The molecule has 2 N–H and O–H groups in total. The van der Waals surface area contributed by atoms with E-state index in [1.807, 2.05) is 0 Å². The SMILES string of the molecule is CN1CCC2(CCc3cc(C(=O)NO)ccc3S2(=O)=O)C1=O. The Morgan fingerprint density at radius 2 is 2.09 bits per heavy atom. The first-order chi connectivity index (χ1) is 10.3. The van der Waals surface area contributed by atoms with Crippen LogP contribution >= 0.6 is 0 Å². The molecular weight excluding hydrogens is 308 g/mol. The van der Waals surface area contributed by atoms with E-state index >= 15 is 0 Å². The summed E-state index contributed by atoms with van der Waals surface area (Å²) < 4.78 is 24.5. The van der Waals surface area contributed by atoms with Crippen LogP contribution in [0.1, 0.15) is 28.8 Å². The summed E-state index contributed by atoms with van der Waals surface area (Å²) in [6.45, 7) is 0.429. The highest BCUT2D eigenvalue weighted by Crippen LogP contribution is 2.44. The first kappa shape index (κ1) is 15.0. The fraction of sp³-hybridized carbons (Fsp3) is 0.429. The van der Waals surface area contributed by atoms with Gasteiger partial charge < -0.3 is 4.90 Å². The van der Waals surface area contributed by atoms with Crippen molar-refractivity contribution >= 4 is 21.7 Å². The average molecular weight is 324 g/mol. The van der Waals surface area contributed by atoms with Gasteiger partial charge in [-0.1, -0.05) is 0 Å². The Bertz CT molecular complexity index is 773. The Morgan fingerprint density at radius 1 is 1.36 bits per heavy atom. The third-order valence-corrected chi connectivity index (χ3v) is 7.20. The first-order valence-electron chi connectivity index (χ1n) is 6.91. The molecule has 1 fully saturated rings. The van der Waals surface area contributed by atoms with E-state index in [1.165, 1.54) is 28.6 Å². The first-order valence-corrected chi connectivity index (χ1v) is 8.39. The standard InChI is InChI=1S/C14H16N2O5S/c1-16-7-6-14(13(16)18)5-4-9-8-10(12(17)15-19)2-3-11(9)22(14,20)21/h2-3,8,19H,4-7H2,1H3,(H,15,17). The van der Waals surface area contributed by atoms with Crippen LogP contribution in [0.15, 0.2) is 23.1 Å². The lowest BCUT2D eigenvalue weighted by molar-refractivity contribution is -0.128. The molecule has 0 saturated carbocycles. The van der Waals surface area contributed by atoms with Crippen LogP contribution in [0.25, 0.3) is 0 Å². The van der Waals surface area contributed by atoms with Gasteiger partial charge in [-0.2, -0.15) is 0 Å². The van der Waals surface area contributed by atoms with Crippen LogP contribution in [0, 0.1) is 0 Å². The molecule has 2 aliphatic rings. The van der Waals surface area contributed by atoms with Gasteiger partial charge in [-0.25, -0.2) is 13.9 Å². The lowest BCUT2D eigenvalue weighted by atomic mass is 9.95. The van der Waals surface area contributed by atoms with Gasteiger partial charge in [0.1, 0.15) is 0 Å². The van der Waals surface area contributed by atoms with Crippen molar-refractivity contribution in [3.05, 3.63) is 29.3 Å². The van der Waals surface area contributed by atoms with E-state index in [0.29, 0.717) is 24.9 Å². The van der Waals surface area contributed by atoms with Crippen molar-refractivity contribution in [2.75, 3.05) is 13.6 Å². The molecule has 0 radical (unpaired) electrons. The third kappa shape index (κ3) is 1.80. The van der Waals surface area contributed by atoms with Gasteiger partial charge in [0.2, 0.25) is 5.91 Å². The largest absolute Gasteiger partial charge is 0.344 e. The lowest BCUT2D eigenvalue weighted by Crippen LogP contribution is -2.48. The Kier molecular flexibility index (Phi) is 3.26. The number of carbonyl (C=O) groups excluding carboxylic acids is 2. The molecule has 1 aromatic rings. The zero-order chi connectivity index (χ0) is 16.1. The number of aryl methyl sites for hydroxylation is 1. The predicted molar refractivity (Wildman–Crippen MR) is 76.2 cm³/mol. The summed E-state index contributed by atoms with van der Waals surface area (Å²) >= 11 is 0. The van der Waals surface area contributed by atoms with Crippen LogP contribution in [0.5, 0.6) is 0 Å². The Labute approximate surface area is 127 Å². The number of hydroxylamine groups is 1. The van der Waals surface area contributed by atoms with Crippen LogP contribution < -0.4 is 5.48 Å². The second-order valence-corrected chi connectivity index (χ2v) is 7.97. The van der Waals surface area contributed by atoms with E-state index in [2.05, 4.69) is 0 Å². The molecule has 7 nitrogen and oxygen atoms in total. The second kappa shape index (κ2) is 4.79. The third-order valence-electron chi connectivity index (χ3n) is 4.61. The van der Waals surface area contributed by atoms with Crippen molar-refractivity contribution in [2.24, 2.45) is 0 Å². The molecule has 2 amide bonds. The number of amides is 2. The van der Waals surface area contributed by atoms with Gasteiger partial charge in [0.05, 0.1) is 4.90 Å². The zero-order valence-corrected chi connectivity index (χ0v) is 12.8. The highest BCUT2D eigenvalue weighted by molar-refractivity contribution is 7.93. The van der Waals surface area contributed by atoms with Crippen molar-refractivity contribution in [3.63, 3.8) is 0 Å². The van der Waals surface area contributed by atoms with E-state index in [9.17, 15) is 18.0 Å². The maximum atomic E-state index is 12.9. The van der Waals surface area contributed by atoms with Gasteiger partial charge in [-0.15, -0.1) is 0 Å². The summed E-state index contributed by atoms with van der Waals surface area (Å²) in [6.07, 6.45) is 0.916. The highest BCUT2D eigenvalue weighted by Gasteiger charge is 2.57. The van der Waals surface area contributed by atoms with E-state index in [1.54, 1.807) is 7.05 Å². The zero-order valence-electron chi connectivity index (χ0n) is 12.0. The minimum absolute atomic E-state index is 0.108. The number of hydrogen-bond acceptors (Lipinski definition) is 5. The van der Waals surface area contributed by atoms with Crippen LogP contribution in [0.4, 0.5) is 0 Å². The molecule has 1 spiro atoms. The maximum absolute atomic E-state index is 12.9. The molecule has 0 bridgehead atoms. The monoisotopic (exact) mass is 324 g/mol. The van der Waals surface area contributed by atoms with Gasteiger partial charge in [0.25, 0.3) is 5.91 Å². The molecular formula is C14H16N2O5S. The van der Waals surface area contributed by atoms with Gasteiger partial charge in [0, 0.05) is 19.2 Å². The van der Waals surface area contributed by atoms with Crippen molar-refractivity contribution in [1.29, 1.82) is 0 Å². The number of hydrogen-bond donors (Lipinski definition) is 2. The highest BCUT2D eigenvalue weighted by atomic mass is 32.2. The number of rotatable bonds is 1. The van der Waals surface area contributed by atoms with Gasteiger partial charge in [-0.05, 0) is 43.0 Å². The van der Waals surface area contributed by atoms with Crippen molar-refractivity contribution in [1.82, 2.24) is 10.4 Å². The molecule has 2 heterocycles. The summed E-state index contributed by atoms with van der Waals surface area (Å²) in [4.78, 5) is 25.4. The number of sulfone groups is 1. The summed E-state index contributed by atoms with van der Waals surface area (Å²) in [7, 11) is -2.19. The summed E-state index contributed by atoms with van der Waals surface area (Å²) in [5, 5.41) is 8.66. The normalized spacial score (nSPS) is 26.1.